The SMILES string of the molecule is CCCN(C)C.Cc1c[nH]c2ccc(N=C(N)c3cccs3)cc12. The van der Waals surface area contributed by atoms with Gasteiger partial charge in [0.05, 0.1) is 10.6 Å². The molecule has 0 fully saturated rings. The number of hydrogen-bond donors (Lipinski definition) is 2. The molecular formula is C19H26N4S. The van der Waals surface area contributed by atoms with Crippen molar-refractivity contribution >= 4 is 33.8 Å². The van der Waals surface area contributed by atoms with Gasteiger partial charge in [-0.3, -0.25) is 0 Å². The summed E-state index contributed by atoms with van der Waals surface area (Å²) in [6.45, 7) is 5.47. The first-order valence-corrected chi connectivity index (χ1v) is 8.99. The van der Waals surface area contributed by atoms with E-state index in [9.17, 15) is 0 Å². The fourth-order valence-electron chi connectivity index (χ4n) is 2.38. The minimum atomic E-state index is 0.567. The highest BCUT2D eigenvalue weighted by Crippen LogP contribution is 2.24. The Morgan fingerprint density at radius 3 is 2.67 bits per heavy atom. The van der Waals surface area contributed by atoms with Crippen LogP contribution in [-0.4, -0.2) is 36.4 Å². The van der Waals surface area contributed by atoms with Crippen LogP contribution in [0.15, 0.2) is 46.9 Å². The van der Waals surface area contributed by atoms with Crippen LogP contribution in [0.25, 0.3) is 10.9 Å². The zero-order valence-corrected chi connectivity index (χ0v) is 15.7. The van der Waals surface area contributed by atoms with Gasteiger partial charge in [-0.2, -0.15) is 0 Å². The molecule has 24 heavy (non-hydrogen) atoms. The summed E-state index contributed by atoms with van der Waals surface area (Å²) in [6.07, 6.45) is 3.26. The zero-order valence-electron chi connectivity index (χ0n) is 14.8. The van der Waals surface area contributed by atoms with Gasteiger partial charge in [-0.15, -0.1) is 11.3 Å². The van der Waals surface area contributed by atoms with Crippen LogP contribution in [0.5, 0.6) is 0 Å². The van der Waals surface area contributed by atoms with Gasteiger partial charge in [-0.25, -0.2) is 4.99 Å². The quantitative estimate of drug-likeness (QED) is 0.540. The Kier molecular flexibility index (Phi) is 6.58. The van der Waals surface area contributed by atoms with E-state index in [1.807, 2.05) is 35.8 Å². The molecule has 5 heteroatoms. The van der Waals surface area contributed by atoms with E-state index < -0.39 is 0 Å². The molecule has 128 valence electrons. The molecule has 0 aliphatic carbocycles. The molecule has 0 bridgehead atoms. The lowest BCUT2D eigenvalue weighted by atomic mass is 10.2. The number of H-pyrrole nitrogens is 1. The molecule has 3 aromatic rings. The van der Waals surface area contributed by atoms with Crippen molar-refractivity contribution in [2.24, 2.45) is 10.7 Å². The number of rotatable bonds is 4. The second kappa shape index (κ2) is 8.66. The number of aromatic amines is 1. The highest BCUT2D eigenvalue weighted by molar-refractivity contribution is 7.12. The first-order valence-electron chi connectivity index (χ1n) is 8.11. The predicted octanol–water partition coefficient (Wildman–Crippen LogP) is 4.53. The molecule has 0 saturated carbocycles. The number of aryl methyl sites for hydroxylation is 1. The average molecular weight is 343 g/mol. The van der Waals surface area contributed by atoms with Crippen molar-refractivity contribution in [2.45, 2.75) is 20.3 Å². The summed E-state index contributed by atoms with van der Waals surface area (Å²) in [7, 11) is 4.17. The van der Waals surface area contributed by atoms with Crippen LogP contribution in [0.3, 0.4) is 0 Å². The van der Waals surface area contributed by atoms with Gasteiger partial charge < -0.3 is 15.6 Å². The molecule has 0 spiro atoms. The Labute approximate surface area is 148 Å². The average Bonchev–Trinajstić information content (AvgIpc) is 3.19. The van der Waals surface area contributed by atoms with Crippen molar-refractivity contribution in [3.8, 4) is 0 Å². The molecule has 0 radical (unpaired) electrons. The number of fused-ring (bicyclic) bond motifs is 1. The molecule has 2 heterocycles. The van der Waals surface area contributed by atoms with Crippen LogP contribution in [0.1, 0.15) is 23.8 Å². The van der Waals surface area contributed by atoms with Crippen LogP contribution >= 0.6 is 11.3 Å². The van der Waals surface area contributed by atoms with E-state index >= 15 is 0 Å². The Morgan fingerprint density at radius 1 is 1.29 bits per heavy atom. The van der Waals surface area contributed by atoms with E-state index in [0.29, 0.717) is 5.84 Å². The summed E-state index contributed by atoms with van der Waals surface area (Å²) >= 11 is 1.60. The van der Waals surface area contributed by atoms with E-state index in [1.165, 1.54) is 23.9 Å². The smallest absolute Gasteiger partial charge is 0.141 e. The third-order valence-corrected chi connectivity index (χ3v) is 4.46. The summed E-state index contributed by atoms with van der Waals surface area (Å²) in [4.78, 5) is 10.9. The topological polar surface area (TPSA) is 57.4 Å². The fraction of sp³-hybridized carbons (Fsp3) is 0.316. The molecule has 1 aromatic carbocycles. The minimum Gasteiger partial charge on any atom is -0.383 e. The molecule has 0 atom stereocenters. The van der Waals surface area contributed by atoms with Crippen LogP contribution in [-0.2, 0) is 0 Å². The molecule has 0 saturated heterocycles. The lowest BCUT2D eigenvalue weighted by Crippen LogP contribution is -2.11. The Hall–Kier alpha value is -2.11. The summed E-state index contributed by atoms with van der Waals surface area (Å²) in [5, 5.41) is 3.19. The zero-order chi connectivity index (χ0) is 17.5. The Balaban J connectivity index is 0.000000301. The lowest BCUT2D eigenvalue weighted by molar-refractivity contribution is 0.408. The highest BCUT2D eigenvalue weighted by Gasteiger charge is 2.02. The number of nitrogens with one attached hydrogen (secondary N) is 1. The monoisotopic (exact) mass is 342 g/mol. The maximum atomic E-state index is 5.98. The largest absolute Gasteiger partial charge is 0.383 e. The number of hydrogen-bond acceptors (Lipinski definition) is 3. The summed E-state index contributed by atoms with van der Waals surface area (Å²) < 4.78 is 0. The van der Waals surface area contributed by atoms with Gasteiger partial charge >= 0.3 is 0 Å². The van der Waals surface area contributed by atoms with Crippen molar-refractivity contribution in [3.05, 3.63) is 52.3 Å². The highest BCUT2D eigenvalue weighted by atomic mass is 32.1. The first-order chi connectivity index (χ1) is 11.5. The van der Waals surface area contributed by atoms with E-state index in [1.54, 1.807) is 11.3 Å². The molecule has 3 N–H and O–H groups in total. The van der Waals surface area contributed by atoms with Gasteiger partial charge in [-0.1, -0.05) is 13.0 Å². The molecule has 3 rings (SSSR count). The Bertz CT molecular complexity index is 785. The lowest BCUT2D eigenvalue weighted by Gasteiger charge is -2.03. The maximum absolute atomic E-state index is 5.98. The second-order valence-electron chi connectivity index (χ2n) is 5.98. The standard InChI is InChI=1S/C14H13N3S.C5H13N/c1-9-8-16-12-5-4-10(7-11(9)12)17-14(15)13-3-2-6-18-13;1-4-5-6(2)3/h2-8,16H,1H3,(H2,15,17);4-5H2,1-3H3. The van der Waals surface area contributed by atoms with Crippen molar-refractivity contribution in [1.29, 1.82) is 0 Å². The van der Waals surface area contributed by atoms with E-state index in [2.05, 4.69) is 48.9 Å². The van der Waals surface area contributed by atoms with E-state index in [0.717, 1.165) is 16.1 Å². The van der Waals surface area contributed by atoms with Crippen molar-refractivity contribution in [3.63, 3.8) is 0 Å². The van der Waals surface area contributed by atoms with Crippen molar-refractivity contribution in [1.82, 2.24) is 9.88 Å². The predicted molar refractivity (Wildman–Crippen MR) is 107 cm³/mol. The number of thiophene rings is 1. The van der Waals surface area contributed by atoms with Gasteiger partial charge in [-0.05, 0) is 69.2 Å². The van der Waals surface area contributed by atoms with Gasteiger partial charge in [0.25, 0.3) is 0 Å². The molecule has 2 aromatic heterocycles. The molecule has 0 aliphatic heterocycles. The van der Waals surface area contributed by atoms with Crippen LogP contribution in [0, 0.1) is 6.92 Å². The summed E-state index contributed by atoms with van der Waals surface area (Å²) in [6, 6.07) is 10.0. The number of benzene rings is 1. The number of aromatic nitrogens is 1. The molecule has 0 amide bonds. The maximum Gasteiger partial charge on any atom is 0.141 e. The van der Waals surface area contributed by atoms with Crippen molar-refractivity contribution in [2.75, 3.05) is 20.6 Å². The third kappa shape index (κ3) is 4.94. The number of amidine groups is 1. The molecule has 0 aliphatic rings. The normalized spacial score (nSPS) is 11.6. The molecule has 0 unspecified atom stereocenters. The first kappa shape index (κ1) is 18.2. The summed E-state index contributed by atoms with van der Waals surface area (Å²) in [5.41, 5.74) is 9.21. The van der Waals surface area contributed by atoms with Crippen LogP contribution in [0.4, 0.5) is 5.69 Å². The van der Waals surface area contributed by atoms with Gasteiger partial charge in [0.2, 0.25) is 0 Å². The van der Waals surface area contributed by atoms with Gasteiger partial charge in [0.1, 0.15) is 5.84 Å². The molecule has 4 nitrogen and oxygen atoms in total. The van der Waals surface area contributed by atoms with Gasteiger partial charge in [0, 0.05) is 17.1 Å². The van der Waals surface area contributed by atoms with Crippen molar-refractivity contribution < 1.29 is 0 Å². The summed E-state index contributed by atoms with van der Waals surface area (Å²) in [5.74, 6) is 0.567. The van der Waals surface area contributed by atoms with E-state index in [-0.39, 0.29) is 0 Å². The number of aliphatic imine (C=N–C) groups is 1. The minimum absolute atomic E-state index is 0.567. The van der Waals surface area contributed by atoms with E-state index in [4.69, 9.17) is 5.73 Å². The number of nitrogens with zero attached hydrogens (tertiary/aromatic N) is 2. The Morgan fingerprint density at radius 2 is 2.08 bits per heavy atom. The van der Waals surface area contributed by atoms with Crippen LogP contribution < -0.4 is 5.73 Å². The third-order valence-electron chi connectivity index (χ3n) is 3.57. The van der Waals surface area contributed by atoms with Gasteiger partial charge in [0.15, 0.2) is 0 Å². The molecular weight excluding hydrogens is 316 g/mol. The number of nitrogens with two attached hydrogens (primary N) is 1. The van der Waals surface area contributed by atoms with Crippen LogP contribution in [0.2, 0.25) is 0 Å². The second-order valence-corrected chi connectivity index (χ2v) is 6.93. The fourth-order valence-corrected chi connectivity index (χ4v) is 3.01.